The number of benzene rings is 1. The number of anilines is 1. The van der Waals surface area contributed by atoms with Crippen LogP contribution in [0.2, 0.25) is 0 Å². The summed E-state index contributed by atoms with van der Waals surface area (Å²) in [6.45, 7) is 4.74. The Morgan fingerprint density at radius 3 is 2.40 bits per heavy atom. The van der Waals surface area contributed by atoms with Crippen LogP contribution in [-0.4, -0.2) is 39.8 Å². The smallest absolute Gasteiger partial charge is 0.252 e. The molecule has 5 rings (SSSR count). The average Bonchev–Trinajstić information content (AvgIpc) is 3.46. The summed E-state index contributed by atoms with van der Waals surface area (Å²) >= 11 is 0. The fraction of sp³-hybridized carbons (Fsp3) is 0.429. The Bertz CT molecular complexity index is 1300. The van der Waals surface area contributed by atoms with Crippen LogP contribution in [0.5, 0.6) is 5.88 Å². The maximum atomic E-state index is 15.9. The van der Waals surface area contributed by atoms with E-state index >= 15 is 8.78 Å². The van der Waals surface area contributed by atoms with Crippen molar-refractivity contribution < 1.29 is 13.9 Å². The number of H-pyrrole nitrogens is 1. The molecule has 2 aliphatic rings. The molecule has 2 aromatic heterocycles. The fourth-order valence-corrected chi connectivity index (χ4v) is 4.72. The van der Waals surface area contributed by atoms with E-state index in [0.717, 1.165) is 18.9 Å². The van der Waals surface area contributed by atoms with Gasteiger partial charge in [0, 0.05) is 37.3 Å². The van der Waals surface area contributed by atoms with Crippen molar-refractivity contribution in [2.24, 2.45) is 0 Å². The van der Waals surface area contributed by atoms with Crippen LogP contribution < -0.4 is 21.2 Å². The van der Waals surface area contributed by atoms with E-state index in [1.807, 2.05) is 13.8 Å². The quantitative estimate of drug-likeness (QED) is 0.558. The number of halogens is 2. The summed E-state index contributed by atoms with van der Waals surface area (Å²) in [5.41, 5.74) is -1.33. The molecule has 3 N–H and O–H groups in total. The van der Waals surface area contributed by atoms with Gasteiger partial charge in [-0.05, 0) is 32.8 Å². The zero-order valence-corrected chi connectivity index (χ0v) is 16.6. The maximum Gasteiger partial charge on any atom is 0.252 e. The number of nitrogens with one attached hydrogen (secondary N) is 2. The van der Waals surface area contributed by atoms with Gasteiger partial charge in [-0.2, -0.15) is 0 Å². The molecule has 0 amide bonds. The van der Waals surface area contributed by atoms with E-state index in [1.54, 1.807) is 9.47 Å². The molecule has 2 fully saturated rings. The standard InChI is InChI=1S/C21H22F2N4O3/c1-9-7-26(8-10(2)24-9)19-13(22)5-12-18(17(19)23)27(11-3-4-11)14-6-15(28)25-21(30)16(14)20(12)29/h5-6,9-11,24H,3-4,7-8H2,1-2H3,(H2,25,28,30)/t9-,10+. The lowest BCUT2D eigenvalue weighted by molar-refractivity contribution is 0.400. The summed E-state index contributed by atoms with van der Waals surface area (Å²) in [6.07, 6.45) is 1.49. The molecule has 1 aromatic carbocycles. The average molecular weight is 416 g/mol. The summed E-state index contributed by atoms with van der Waals surface area (Å²) in [7, 11) is 0. The Morgan fingerprint density at radius 1 is 1.10 bits per heavy atom. The van der Waals surface area contributed by atoms with Crippen LogP contribution in [-0.2, 0) is 0 Å². The van der Waals surface area contributed by atoms with Gasteiger partial charge in [-0.1, -0.05) is 0 Å². The second kappa shape index (κ2) is 6.53. The van der Waals surface area contributed by atoms with E-state index in [-0.39, 0.29) is 45.6 Å². The largest absolute Gasteiger partial charge is 0.494 e. The van der Waals surface area contributed by atoms with Crippen molar-refractivity contribution in [3.8, 4) is 5.88 Å². The zero-order valence-electron chi connectivity index (χ0n) is 16.6. The molecule has 9 heteroatoms. The first kappa shape index (κ1) is 19.0. The van der Waals surface area contributed by atoms with Crippen molar-refractivity contribution in [2.75, 3.05) is 18.0 Å². The van der Waals surface area contributed by atoms with Gasteiger partial charge in [0.25, 0.3) is 5.56 Å². The van der Waals surface area contributed by atoms with E-state index in [0.29, 0.717) is 13.1 Å². The first-order chi connectivity index (χ1) is 14.3. The van der Waals surface area contributed by atoms with E-state index < -0.39 is 28.5 Å². The summed E-state index contributed by atoms with van der Waals surface area (Å²) in [6, 6.07) is 2.20. The Morgan fingerprint density at radius 2 is 1.77 bits per heavy atom. The van der Waals surface area contributed by atoms with Gasteiger partial charge >= 0.3 is 0 Å². The predicted octanol–water partition coefficient (Wildman–Crippen LogP) is 2.35. The Balaban J connectivity index is 1.89. The number of pyridine rings is 2. The van der Waals surface area contributed by atoms with Crippen LogP contribution in [0.25, 0.3) is 21.8 Å². The molecule has 0 bridgehead atoms. The highest BCUT2D eigenvalue weighted by Gasteiger charge is 2.33. The first-order valence-electron chi connectivity index (χ1n) is 10.1. The molecule has 3 heterocycles. The second-order valence-electron chi connectivity index (χ2n) is 8.46. The number of aromatic amines is 1. The topological polar surface area (TPSA) is 90.4 Å². The Kier molecular flexibility index (Phi) is 4.15. The molecule has 3 aromatic rings. The van der Waals surface area contributed by atoms with Crippen LogP contribution in [0.4, 0.5) is 14.5 Å². The molecule has 0 spiro atoms. The number of hydrogen-bond donors (Lipinski definition) is 3. The number of hydrogen-bond acceptors (Lipinski definition) is 5. The predicted molar refractivity (Wildman–Crippen MR) is 110 cm³/mol. The minimum Gasteiger partial charge on any atom is -0.494 e. The van der Waals surface area contributed by atoms with Gasteiger partial charge < -0.3 is 19.9 Å². The molecular weight excluding hydrogens is 394 g/mol. The van der Waals surface area contributed by atoms with Crippen molar-refractivity contribution >= 4 is 27.5 Å². The molecular formula is C21H22F2N4O3. The van der Waals surface area contributed by atoms with Gasteiger partial charge in [0.15, 0.2) is 5.82 Å². The molecule has 2 atom stereocenters. The van der Waals surface area contributed by atoms with Crippen LogP contribution in [0.1, 0.15) is 32.7 Å². The van der Waals surface area contributed by atoms with E-state index in [2.05, 4.69) is 10.3 Å². The summed E-state index contributed by atoms with van der Waals surface area (Å²) in [5, 5.41) is 13.3. The van der Waals surface area contributed by atoms with Crippen molar-refractivity contribution in [3.05, 3.63) is 44.3 Å². The Hall–Kier alpha value is -2.94. The van der Waals surface area contributed by atoms with Crippen LogP contribution in [0.3, 0.4) is 0 Å². The third-order valence-corrected chi connectivity index (χ3v) is 5.93. The third kappa shape index (κ3) is 2.79. The van der Waals surface area contributed by atoms with Crippen molar-refractivity contribution in [1.29, 1.82) is 0 Å². The molecule has 158 valence electrons. The zero-order chi connectivity index (χ0) is 21.3. The highest BCUT2D eigenvalue weighted by atomic mass is 19.1. The third-order valence-electron chi connectivity index (χ3n) is 5.93. The molecule has 1 saturated heterocycles. The van der Waals surface area contributed by atoms with Gasteiger partial charge in [0.05, 0.1) is 16.4 Å². The molecule has 7 nitrogen and oxygen atoms in total. The lowest BCUT2D eigenvalue weighted by Crippen LogP contribution is -2.54. The number of aromatic hydroxyl groups is 1. The number of piperazine rings is 1. The van der Waals surface area contributed by atoms with Crippen LogP contribution in [0.15, 0.2) is 21.7 Å². The maximum absolute atomic E-state index is 15.9. The van der Waals surface area contributed by atoms with E-state index in [9.17, 15) is 14.7 Å². The minimum atomic E-state index is -0.816. The molecule has 30 heavy (non-hydrogen) atoms. The lowest BCUT2D eigenvalue weighted by atomic mass is 10.1. The summed E-state index contributed by atoms with van der Waals surface area (Å²) < 4.78 is 32.6. The van der Waals surface area contributed by atoms with Gasteiger partial charge in [0.1, 0.15) is 16.9 Å². The second-order valence-corrected chi connectivity index (χ2v) is 8.46. The minimum absolute atomic E-state index is 0.0183. The highest BCUT2D eigenvalue weighted by Crippen LogP contribution is 2.42. The van der Waals surface area contributed by atoms with Gasteiger partial charge in [-0.15, -0.1) is 0 Å². The molecule has 1 aliphatic carbocycles. The van der Waals surface area contributed by atoms with Crippen molar-refractivity contribution in [1.82, 2.24) is 14.9 Å². The van der Waals surface area contributed by atoms with Crippen LogP contribution >= 0.6 is 0 Å². The normalized spacial score (nSPS) is 22.2. The monoisotopic (exact) mass is 416 g/mol. The number of nitrogens with zero attached hydrogens (tertiary/aromatic N) is 2. The molecule has 1 aliphatic heterocycles. The summed E-state index contributed by atoms with van der Waals surface area (Å²) in [4.78, 5) is 28.9. The highest BCUT2D eigenvalue weighted by molar-refractivity contribution is 5.97. The molecule has 0 unspecified atom stereocenters. The SMILES string of the molecule is C[C@@H]1CN(c2c(F)cc3c(=O)c4c(O)[nH]c(=O)cc4n(C4CC4)c3c2F)C[C@H](C)N1. The van der Waals surface area contributed by atoms with E-state index in [1.165, 1.54) is 6.07 Å². The number of fused-ring (bicyclic) bond motifs is 2. The molecule has 0 radical (unpaired) electrons. The number of rotatable bonds is 2. The lowest BCUT2D eigenvalue weighted by Gasteiger charge is -2.38. The van der Waals surface area contributed by atoms with Gasteiger partial charge in [0.2, 0.25) is 11.3 Å². The van der Waals surface area contributed by atoms with Crippen molar-refractivity contribution in [3.63, 3.8) is 0 Å². The Labute approximate surface area is 169 Å². The molecule has 1 saturated carbocycles. The van der Waals surface area contributed by atoms with Gasteiger partial charge in [-0.3, -0.25) is 14.6 Å². The fourth-order valence-electron chi connectivity index (χ4n) is 4.72. The van der Waals surface area contributed by atoms with Gasteiger partial charge in [-0.25, -0.2) is 8.78 Å². The summed E-state index contributed by atoms with van der Waals surface area (Å²) in [5.74, 6) is -2.21. The number of aromatic nitrogens is 2. The first-order valence-corrected chi connectivity index (χ1v) is 10.1. The van der Waals surface area contributed by atoms with Crippen LogP contribution in [0, 0.1) is 11.6 Å². The van der Waals surface area contributed by atoms with E-state index in [4.69, 9.17) is 0 Å². The van der Waals surface area contributed by atoms with Crippen molar-refractivity contribution in [2.45, 2.75) is 44.8 Å².